The van der Waals surface area contributed by atoms with E-state index in [2.05, 4.69) is 44.4 Å². The maximum atomic E-state index is 12.8. The number of anilines is 1. The molecule has 3 fully saturated rings. The molecule has 4 N–H and O–H groups in total. The van der Waals surface area contributed by atoms with Crippen molar-refractivity contribution in [2.45, 2.75) is 174 Å². The summed E-state index contributed by atoms with van der Waals surface area (Å²) in [6, 6.07) is 7.26. The number of benzene rings is 1. The van der Waals surface area contributed by atoms with E-state index in [-0.39, 0.29) is 117 Å². The topological polar surface area (TPSA) is 230 Å². The van der Waals surface area contributed by atoms with E-state index in [1.54, 1.807) is 33.5 Å². The average Bonchev–Trinajstić information content (AvgIpc) is 4.21. The molecule has 376 valence electrons. The summed E-state index contributed by atoms with van der Waals surface area (Å²) in [5, 5.41) is 22.5. The molecule has 9 atom stereocenters. The highest BCUT2D eigenvalue weighted by molar-refractivity contribution is 5.90. The number of epoxide rings is 2. The fraction of sp³-hybridized carbons (Fsp3) is 0.735. The molecule has 1 spiro atoms. The third kappa shape index (κ3) is 20.8. The maximum Gasteiger partial charge on any atom is 0.407 e. The van der Waals surface area contributed by atoms with Gasteiger partial charge in [-0.3, -0.25) is 19.2 Å². The van der Waals surface area contributed by atoms with Crippen molar-refractivity contribution in [3.8, 4) is 0 Å². The number of carboxylic acid groups (broad SMARTS) is 1. The number of nitrogens with one attached hydrogen (secondary N) is 2. The van der Waals surface area contributed by atoms with Crippen LogP contribution >= 0.6 is 0 Å². The van der Waals surface area contributed by atoms with Crippen LogP contribution in [-0.4, -0.2) is 130 Å². The van der Waals surface area contributed by atoms with Crippen molar-refractivity contribution in [1.82, 2.24) is 5.32 Å². The maximum absolute atomic E-state index is 12.8. The van der Waals surface area contributed by atoms with Gasteiger partial charge in [0.15, 0.2) is 0 Å². The number of aliphatic hydroxyl groups excluding tert-OH is 1. The van der Waals surface area contributed by atoms with Crippen molar-refractivity contribution in [2.75, 3.05) is 53.1 Å². The highest BCUT2D eigenvalue weighted by Gasteiger charge is 2.71. The van der Waals surface area contributed by atoms with Gasteiger partial charge in [-0.05, 0) is 89.8 Å². The highest BCUT2D eigenvalue weighted by Crippen LogP contribution is 2.60. The second-order valence-electron chi connectivity index (χ2n) is 17.5. The molecule has 3 unspecified atom stereocenters. The summed E-state index contributed by atoms with van der Waals surface area (Å²) in [5.41, 5.74) is 2.38. The second-order valence-corrected chi connectivity index (χ2v) is 17.5. The molecule has 2 saturated heterocycles. The third-order valence-corrected chi connectivity index (χ3v) is 12.3. The van der Waals surface area contributed by atoms with Crippen molar-refractivity contribution in [3.05, 3.63) is 41.5 Å². The Morgan fingerprint density at radius 1 is 0.848 bits per heavy atom. The molecule has 0 bridgehead atoms. The fourth-order valence-corrected chi connectivity index (χ4v) is 7.95. The van der Waals surface area contributed by atoms with E-state index < -0.39 is 12.1 Å². The Kier molecular flexibility index (Phi) is 26.6. The van der Waals surface area contributed by atoms with Gasteiger partial charge < -0.3 is 58.7 Å². The molecule has 17 heteroatoms. The summed E-state index contributed by atoms with van der Waals surface area (Å²) in [6.45, 7) is 16.0. The van der Waals surface area contributed by atoms with E-state index in [0.717, 1.165) is 50.7 Å². The smallest absolute Gasteiger partial charge is 0.407 e. The van der Waals surface area contributed by atoms with Gasteiger partial charge >= 0.3 is 24.0 Å². The minimum Gasteiger partial charge on any atom is -0.481 e. The van der Waals surface area contributed by atoms with Crippen LogP contribution in [0, 0.1) is 11.8 Å². The van der Waals surface area contributed by atoms with Gasteiger partial charge in [-0.15, -0.1) is 0 Å². The second kappa shape index (κ2) is 30.3. The minimum atomic E-state index is -0.897. The zero-order valence-electron chi connectivity index (χ0n) is 41.2. The van der Waals surface area contributed by atoms with Crippen molar-refractivity contribution >= 4 is 35.6 Å². The number of hydrogen-bond donors (Lipinski definition) is 4. The number of carbonyl (C=O) groups excluding carboxylic acids is 4. The van der Waals surface area contributed by atoms with E-state index in [1.165, 1.54) is 5.57 Å². The Bertz CT molecular complexity index is 1630. The normalized spacial score (nSPS) is 23.8. The summed E-state index contributed by atoms with van der Waals surface area (Å²) >= 11 is 0. The number of alkyl carbamates (subject to hydrolysis) is 1. The van der Waals surface area contributed by atoms with Crippen LogP contribution in [-0.2, 0) is 63.6 Å². The molecule has 66 heavy (non-hydrogen) atoms. The quantitative estimate of drug-likeness (QED) is 0.0309. The average molecular weight is 937 g/mol. The predicted molar refractivity (Wildman–Crippen MR) is 248 cm³/mol. The largest absolute Gasteiger partial charge is 0.481 e. The van der Waals surface area contributed by atoms with E-state index in [1.807, 2.05) is 32.9 Å². The van der Waals surface area contributed by atoms with Crippen LogP contribution in [0.2, 0.25) is 0 Å². The number of ether oxygens (including phenoxy) is 8. The summed E-state index contributed by atoms with van der Waals surface area (Å²) < 4.78 is 43.3. The van der Waals surface area contributed by atoms with E-state index in [0.29, 0.717) is 25.1 Å². The lowest BCUT2D eigenvalue weighted by Crippen LogP contribution is -2.51. The standard InChI is InChI=1S/C34H50N2O8.C10H18O5.C5H12O2/c1-7-26(40-6)20-41-30(38)10-8-9-29(37)36-25-14-12-24(13-15-25)19-35-32(39)43-27-17-18-34(21-42-34)31(23(27)4)33(5)28(44-33)16-11-22(2)3;1-3-8(14-2)7-15-10(13)6-4-5-9(11)12;1-3-5(4-6)7-2/h11-15,23,26-28,31H,7-10,16-21H2,1-6H3,(H,35,39)(H,36,37);8H,3-7H2,1-2H3,(H,11,12);5-6H,3-4H2,1-2H3/t23-,26?,27-,28-,31-,33+,34+;;/m1../s1. The molecule has 3 aliphatic rings. The number of esters is 2. The van der Waals surface area contributed by atoms with Crippen LogP contribution in [0.4, 0.5) is 10.5 Å². The Morgan fingerprint density at radius 2 is 1.39 bits per heavy atom. The van der Waals surface area contributed by atoms with Crippen LogP contribution in [0.25, 0.3) is 0 Å². The number of allylic oxidation sites excluding steroid dienone is 1. The van der Waals surface area contributed by atoms with Gasteiger partial charge in [-0.2, -0.15) is 0 Å². The van der Waals surface area contributed by atoms with E-state index in [4.69, 9.17) is 48.1 Å². The number of methoxy groups -OCH3 is 3. The molecule has 4 rings (SSSR count). The van der Waals surface area contributed by atoms with Gasteiger partial charge in [0.05, 0.1) is 48.8 Å². The Labute approximate surface area is 392 Å². The van der Waals surface area contributed by atoms with Crippen LogP contribution < -0.4 is 10.6 Å². The van der Waals surface area contributed by atoms with E-state index >= 15 is 0 Å². The first-order chi connectivity index (χ1) is 31.4. The molecule has 1 aromatic carbocycles. The fourth-order valence-electron chi connectivity index (χ4n) is 7.95. The number of aliphatic hydroxyl groups is 1. The summed E-state index contributed by atoms with van der Waals surface area (Å²) in [7, 11) is 4.75. The lowest BCUT2D eigenvalue weighted by Gasteiger charge is -2.42. The number of hydrogen-bond acceptors (Lipinski definition) is 14. The first-order valence-corrected chi connectivity index (χ1v) is 23.4. The monoisotopic (exact) mass is 937 g/mol. The molecule has 2 heterocycles. The van der Waals surface area contributed by atoms with Gasteiger partial charge in [0.1, 0.15) is 19.3 Å². The van der Waals surface area contributed by atoms with Crippen molar-refractivity contribution < 1.29 is 72.1 Å². The lowest BCUT2D eigenvalue weighted by atomic mass is 9.64. The zero-order chi connectivity index (χ0) is 49.3. The van der Waals surface area contributed by atoms with Crippen LogP contribution in [0.15, 0.2) is 35.9 Å². The molecule has 2 aliphatic heterocycles. The Balaban J connectivity index is 0.000000561. The van der Waals surface area contributed by atoms with Crippen molar-refractivity contribution in [1.29, 1.82) is 0 Å². The molecular formula is C49H80N2O15. The first-order valence-electron chi connectivity index (χ1n) is 23.4. The predicted octanol–water partition coefficient (Wildman–Crippen LogP) is 7.30. The van der Waals surface area contributed by atoms with Crippen LogP contribution in [0.3, 0.4) is 0 Å². The van der Waals surface area contributed by atoms with Crippen molar-refractivity contribution in [2.24, 2.45) is 11.8 Å². The van der Waals surface area contributed by atoms with Gasteiger partial charge in [0.25, 0.3) is 0 Å². The van der Waals surface area contributed by atoms with Gasteiger partial charge in [0.2, 0.25) is 5.91 Å². The number of amides is 2. The summed E-state index contributed by atoms with van der Waals surface area (Å²) in [5.74, 6) is -1.50. The molecule has 1 saturated carbocycles. The number of carbonyl (C=O) groups is 5. The minimum absolute atomic E-state index is 0.00339. The van der Waals surface area contributed by atoms with Gasteiger partial charge in [0, 0.05) is 71.1 Å². The first kappa shape index (κ1) is 58.0. The SMILES string of the molecule is CCC(CO)OC.CCC(COC(=O)CCCC(=O)Nc1ccc(CNC(=O)O[C@@H]2CC[C@]3(CO3)[C@@H]([C@@]3(C)O[C@@H]3CC=C(C)C)[C@@H]2C)cc1)OC.CCC(COC(=O)CCCC(=O)O)OC. The van der Waals surface area contributed by atoms with Gasteiger partial charge in [-0.25, -0.2) is 4.79 Å². The molecule has 1 aromatic rings. The molecule has 0 radical (unpaired) electrons. The molecular weight excluding hydrogens is 857 g/mol. The molecule has 1 aliphatic carbocycles. The van der Waals surface area contributed by atoms with Crippen molar-refractivity contribution in [3.63, 3.8) is 0 Å². The molecule has 2 amide bonds. The Hall–Kier alpha value is -4.13. The third-order valence-electron chi connectivity index (χ3n) is 12.3. The molecule has 17 nitrogen and oxygen atoms in total. The number of carboxylic acids is 1. The number of aliphatic carboxylic acids is 1. The van der Waals surface area contributed by atoms with Crippen LogP contribution in [0.5, 0.6) is 0 Å². The van der Waals surface area contributed by atoms with Crippen LogP contribution in [0.1, 0.15) is 131 Å². The summed E-state index contributed by atoms with van der Waals surface area (Å²) in [6.07, 6.45) is 7.76. The van der Waals surface area contributed by atoms with E-state index in [9.17, 15) is 24.0 Å². The molecule has 0 aromatic heterocycles. The highest BCUT2D eigenvalue weighted by atomic mass is 16.6. The number of rotatable bonds is 26. The lowest BCUT2D eigenvalue weighted by molar-refractivity contribution is -0.148. The summed E-state index contributed by atoms with van der Waals surface area (Å²) in [4.78, 5) is 58.2. The Morgan fingerprint density at radius 3 is 1.85 bits per heavy atom. The van der Waals surface area contributed by atoms with Gasteiger partial charge in [-0.1, -0.05) is 51.5 Å². The zero-order valence-corrected chi connectivity index (χ0v) is 41.2.